The predicted molar refractivity (Wildman–Crippen MR) is 79.1 cm³/mol. The molecule has 0 unspecified atom stereocenters. The number of Topliss-reactive ketones (excluding diaryl/α,β-unsaturated/α-hetero) is 1. The van der Waals surface area contributed by atoms with Crippen LogP contribution in [0.5, 0.6) is 0 Å². The molecule has 0 fully saturated rings. The number of hydrogen-bond donors (Lipinski definition) is 0. The summed E-state index contributed by atoms with van der Waals surface area (Å²) in [5.41, 5.74) is 0.999. The Bertz CT molecular complexity index is 374. The first-order valence-corrected chi connectivity index (χ1v) is 7.25. The van der Waals surface area contributed by atoms with Crippen LogP contribution < -0.4 is 0 Å². The molecule has 0 aliphatic carbocycles. The lowest BCUT2D eigenvalue weighted by Gasteiger charge is -2.21. The molecule has 0 atom stereocenters. The fraction of sp³-hybridized carbons (Fsp3) is 0.643. The number of hydrogen-bond acceptors (Lipinski definition) is 2. The maximum atomic E-state index is 12.2. The van der Waals surface area contributed by atoms with Crippen LogP contribution >= 0.6 is 8.20 Å². The van der Waals surface area contributed by atoms with E-state index in [0.717, 1.165) is 13.8 Å². The highest BCUT2D eigenvalue weighted by Crippen LogP contribution is 2.23. The zero-order valence-electron chi connectivity index (χ0n) is 12.3. The van der Waals surface area contributed by atoms with E-state index in [1.165, 1.54) is 0 Å². The lowest BCUT2D eigenvalue weighted by atomic mass is 9.86. The van der Waals surface area contributed by atoms with Crippen LogP contribution in [-0.4, -0.2) is 36.2 Å². The molecule has 0 N–H and O–H groups in total. The molecule has 0 heterocycles. The van der Waals surface area contributed by atoms with Crippen LogP contribution in [0.2, 0.25) is 0 Å². The van der Waals surface area contributed by atoms with Gasteiger partial charge in [-0.1, -0.05) is 40.8 Å². The van der Waals surface area contributed by atoms with Crippen molar-refractivity contribution in [1.29, 1.82) is 0 Å². The zero-order chi connectivity index (χ0) is 14.5. The number of carbonyl (C=O) groups excluding carboxylic acids is 2. The minimum absolute atomic E-state index is 0.0694. The summed E-state index contributed by atoms with van der Waals surface area (Å²) in [7, 11) is 2.57. The Morgan fingerprint density at radius 1 is 1.22 bits per heavy atom. The van der Waals surface area contributed by atoms with E-state index in [1.54, 1.807) is 11.9 Å². The molecule has 0 aromatic rings. The first-order chi connectivity index (χ1) is 8.10. The fourth-order valence-electron chi connectivity index (χ4n) is 1.59. The van der Waals surface area contributed by atoms with Gasteiger partial charge in [0.25, 0.3) is 5.91 Å². The van der Waals surface area contributed by atoms with E-state index < -0.39 is 0 Å². The van der Waals surface area contributed by atoms with Gasteiger partial charge >= 0.3 is 0 Å². The number of nitrogens with zero attached hydrogens (tertiary/aromatic N) is 1. The maximum absolute atomic E-state index is 12.2. The number of carbonyl (C=O) groups is 2. The van der Waals surface area contributed by atoms with Crippen molar-refractivity contribution in [3.05, 3.63) is 11.1 Å². The van der Waals surface area contributed by atoms with E-state index in [4.69, 9.17) is 0 Å². The van der Waals surface area contributed by atoms with Crippen molar-refractivity contribution in [1.82, 2.24) is 4.90 Å². The van der Waals surface area contributed by atoms with Gasteiger partial charge in [0.1, 0.15) is 0 Å². The average Bonchev–Trinajstić information content (AvgIpc) is 2.14. The van der Waals surface area contributed by atoms with Gasteiger partial charge in [-0.05, 0) is 19.3 Å². The highest BCUT2D eigenvalue weighted by Gasteiger charge is 2.26. The van der Waals surface area contributed by atoms with Gasteiger partial charge in [-0.2, -0.15) is 0 Å². The van der Waals surface area contributed by atoms with Crippen molar-refractivity contribution in [3.63, 3.8) is 0 Å². The Labute approximate surface area is 112 Å². The second kappa shape index (κ2) is 6.84. The molecule has 0 radical (unpaired) electrons. The van der Waals surface area contributed by atoms with E-state index in [-0.39, 0.29) is 17.1 Å². The Morgan fingerprint density at radius 3 is 2.06 bits per heavy atom. The summed E-state index contributed by atoms with van der Waals surface area (Å²) >= 11 is 0. The summed E-state index contributed by atoms with van der Waals surface area (Å²) < 4.78 is 0. The summed E-state index contributed by atoms with van der Waals surface area (Å²) in [6, 6.07) is 0. The van der Waals surface area contributed by atoms with Crippen LogP contribution in [0.25, 0.3) is 0 Å². The van der Waals surface area contributed by atoms with Crippen LogP contribution in [0.4, 0.5) is 0 Å². The van der Waals surface area contributed by atoms with Gasteiger partial charge in [-0.25, -0.2) is 0 Å². The van der Waals surface area contributed by atoms with Crippen molar-refractivity contribution >= 4 is 26.2 Å². The summed E-state index contributed by atoms with van der Waals surface area (Å²) in [4.78, 5) is 26.0. The van der Waals surface area contributed by atoms with Gasteiger partial charge in [-0.15, -0.1) is 0 Å². The number of likely N-dealkylation sites (N-methyl/N-ethyl adjacent to an activating group) is 1. The van der Waals surface area contributed by atoms with Gasteiger partial charge in [0, 0.05) is 13.5 Å². The smallest absolute Gasteiger partial charge is 0.257 e. The summed E-state index contributed by atoms with van der Waals surface area (Å²) in [5, 5.41) is 0. The topological polar surface area (TPSA) is 37.4 Å². The molecule has 0 bridgehead atoms. The standard InChI is InChI=1S/C14H24NO2P/c1-10(2)12(11(16)8-14(3,4)5)13(17)15(6)9-18-7/h7-9H2,1-6H3. The van der Waals surface area contributed by atoms with Crippen molar-refractivity contribution in [3.8, 4) is 0 Å². The molecule has 4 heteroatoms. The van der Waals surface area contributed by atoms with E-state index in [0.29, 0.717) is 18.3 Å². The van der Waals surface area contributed by atoms with Crippen LogP contribution in [0, 0.1) is 5.41 Å². The van der Waals surface area contributed by atoms with E-state index in [9.17, 15) is 9.59 Å². The van der Waals surface area contributed by atoms with Gasteiger partial charge in [0.15, 0.2) is 5.78 Å². The quantitative estimate of drug-likeness (QED) is 0.333. The average molecular weight is 269 g/mol. The predicted octanol–water partition coefficient (Wildman–Crippen LogP) is 3.12. The van der Waals surface area contributed by atoms with Gasteiger partial charge < -0.3 is 4.90 Å². The largest absolute Gasteiger partial charge is 0.334 e. The second-order valence-corrected chi connectivity index (χ2v) is 6.63. The Morgan fingerprint density at radius 2 is 1.72 bits per heavy atom. The molecule has 0 saturated heterocycles. The zero-order valence-corrected chi connectivity index (χ0v) is 13.2. The molecule has 1 amide bonds. The number of allylic oxidation sites excluding steroid dienone is 1. The Hall–Kier alpha value is -0.950. The fourth-order valence-corrected chi connectivity index (χ4v) is 2.02. The Kier molecular flexibility index (Phi) is 6.48. The normalized spacial score (nSPS) is 11.2. The molecule has 0 aromatic carbocycles. The first kappa shape index (κ1) is 17.1. The van der Waals surface area contributed by atoms with Gasteiger partial charge in [-0.3, -0.25) is 9.59 Å². The molecule has 0 aliphatic rings. The third-order valence-corrected chi connectivity index (χ3v) is 2.97. The first-order valence-electron chi connectivity index (χ1n) is 5.98. The minimum atomic E-state index is -0.194. The van der Waals surface area contributed by atoms with E-state index >= 15 is 0 Å². The van der Waals surface area contributed by atoms with Crippen LogP contribution in [-0.2, 0) is 9.59 Å². The highest BCUT2D eigenvalue weighted by molar-refractivity contribution is 7.36. The minimum Gasteiger partial charge on any atom is -0.334 e. The summed E-state index contributed by atoms with van der Waals surface area (Å²) in [6.45, 7) is 9.61. The number of rotatable bonds is 5. The van der Waals surface area contributed by atoms with Crippen molar-refractivity contribution in [2.24, 2.45) is 5.41 Å². The Balaban J connectivity index is 5.13. The molecule has 0 saturated carbocycles. The van der Waals surface area contributed by atoms with Gasteiger partial charge in [0.05, 0.1) is 11.9 Å². The van der Waals surface area contributed by atoms with E-state index in [1.807, 2.05) is 34.6 Å². The third-order valence-electron chi connectivity index (χ3n) is 2.34. The highest BCUT2D eigenvalue weighted by atomic mass is 31.1. The SMILES string of the molecule is C=PCN(C)C(=O)C(C(=O)CC(C)(C)C)=C(C)C. The summed E-state index contributed by atoms with van der Waals surface area (Å²) in [5.74, 6) is -0.263. The molecule has 0 aromatic heterocycles. The van der Waals surface area contributed by atoms with Crippen molar-refractivity contribution < 1.29 is 9.59 Å². The van der Waals surface area contributed by atoms with E-state index in [2.05, 4.69) is 6.30 Å². The molecular formula is C14H24NO2P. The van der Waals surface area contributed by atoms with Crippen LogP contribution in [0.15, 0.2) is 11.1 Å². The number of ketones is 1. The van der Waals surface area contributed by atoms with Crippen LogP contribution in [0.1, 0.15) is 41.0 Å². The summed E-state index contributed by atoms with van der Waals surface area (Å²) in [6.07, 6.45) is 4.62. The van der Waals surface area contributed by atoms with Crippen molar-refractivity contribution in [2.45, 2.75) is 41.0 Å². The number of amides is 1. The van der Waals surface area contributed by atoms with Crippen LogP contribution in [0.3, 0.4) is 0 Å². The second-order valence-electron chi connectivity index (χ2n) is 5.90. The van der Waals surface area contributed by atoms with Crippen molar-refractivity contribution in [2.75, 3.05) is 13.3 Å². The third kappa shape index (κ3) is 5.59. The lowest BCUT2D eigenvalue weighted by Crippen LogP contribution is -2.31. The molecule has 102 valence electrons. The lowest BCUT2D eigenvalue weighted by molar-refractivity contribution is -0.128. The molecule has 3 nitrogen and oxygen atoms in total. The molecular weight excluding hydrogens is 245 g/mol. The maximum Gasteiger partial charge on any atom is 0.257 e. The van der Waals surface area contributed by atoms with Gasteiger partial charge in [0.2, 0.25) is 0 Å². The molecule has 0 rings (SSSR count). The molecule has 0 aliphatic heterocycles. The monoisotopic (exact) mass is 269 g/mol. The molecule has 0 spiro atoms. The molecule has 18 heavy (non-hydrogen) atoms.